The average Bonchev–Trinajstić information content (AvgIpc) is 2.27. The van der Waals surface area contributed by atoms with Gasteiger partial charge in [0.15, 0.2) is 0 Å². The van der Waals surface area contributed by atoms with E-state index in [0.717, 1.165) is 25.7 Å². The van der Waals surface area contributed by atoms with Gasteiger partial charge in [0, 0.05) is 6.42 Å². The van der Waals surface area contributed by atoms with Crippen LogP contribution in [0.2, 0.25) is 0 Å². The highest BCUT2D eigenvalue weighted by Gasteiger charge is 2.26. The van der Waals surface area contributed by atoms with Gasteiger partial charge in [-0.05, 0) is 33.1 Å². The third-order valence-electron chi connectivity index (χ3n) is 2.95. The van der Waals surface area contributed by atoms with Crippen molar-refractivity contribution in [3.05, 3.63) is 0 Å². The molecular weight excluding hydrogens is 220 g/mol. The second-order valence-electron chi connectivity index (χ2n) is 4.93. The summed E-state index contributed by atoms with van der Waals surface area (Å²) in [5, 5.41) is 8.44. The number of rotatable bonds is 9. The highest BCUT2D eigenvalue weighted by molar-refractivity contribution is 5.75. The first kappa shape index (κ1) is 15.9. The van der Waals surface area contributed by atoms with Gasteiger partial charge in [0.05, 0.1) is 12.0 Å². The molecule has 4 nitrogen and oxygen atoms in total. The Morgan fingerprint density at radius 2 is 1.71 bits per heavy atom. The summed E-state index contributed by atoms with van der Waals surface area (Å²) >= 11 is 0. The van der Waals surface area contributed by atoms with Crippen molar-refractivity contribution < 1.29 is 19.4 Å². The number of aliphatic carboxylic acids is 1. The summed E-state index contributed by atoms with van der Waals surface area (Å²) in [7, 11) is 0. The van der Waals surface area contributed by atoms with E-state index >= 15 is 0 Å². The zero-order chi connectivity index (χ0) is 13.3. The molecule has 0 fully saturated rings. The van der Waals surface area contributed by atoms with E-state index in [1.165, 1.54) is 0 Å². The molecule has 0 aromatic rings. The highest BCUT2D eigenvalue weighted by atomic mass is 16.5. The summed E-state index contributed by atoms with van der Waals surface area (Å²) < 4.78 is 5.17. The Balaban J connectivity index is 3.46. The third-order valence-corrected chi connectivity index (χ3v) is 2.95. The lowest BCUT2D eigenvalue weighted by atomic mass is 9.91. The first-order valence-electron chi connectivity index (χ1n) is 6.29. The van der Waals surface area contributed by atoms with Gasteiger partial charge < -0.3 is 9.84 Å². The molecule has 0 aromatic heterocycles. The largest absolute Gasteiger partial charge is 0.481 e. The van der Waals surface area contributed by atoms with Crippen LogP contribution in [0.4, 0.5) is 0 Å². The van der Waals surface area contributed by atoms with Gasteiger partial charge >= 0.3 is 11.9 Å². The van der Waals surface area contributed by atoms with Crippen molar-refractivity contribution in [1.29, 1.82) is 0 Å². The number of hydrogen-bond donors (Lipinski definition) is 1. The molecule has 0 unspecified atom stereocenters. The second kappa shape index (κ2) is 8.09. The fourth-order valence-electron chi connectivity index (χ4n) is 1.24. The van der Waals surface area contributed by atoms with Gasteiger partial charge in [-0.1, -0.05) is 19.8 Å². The second-order valence-corrected chi connectivity index (χ2v) is 4.93. The van der Waals surface area contributed by atoms with E-state index in [4.69, 9.17) is 9.84 Å². The fraction of sp³-hybridized carbons (Fsp3) is 0.846. The summed E-state index contributed by atoms with van der Waals surface area (Å²) in [4.78, 5) is 21.8. The number of ether oxygens (including phenoxy) is 1. The van der Waals surface area contributed by atoms with Crippen molar-refractivity contribution >= 4 is 11.9 Å². The minimum atomic E-state index is -0.749. The molecule has 17 heavy (non-hydrogen) atoms. The quantitative estimate of drug-likeness (QED) is 0.500. The van der Waals surface area contributed by atoms with Gasteiger partial charge in [-0.3, -0.25) is 9.59 Å². The van der Waals surface area contributed by atoms with Crippen LogP contribution in [-0.4, -0.2) is 23.7 Å². The number of esters is 1. The summed E-state index contributed by atoms with van der Waals surface area (Å²) in [6.45, 7) is 6.16. The van der Waals surface area contributed by atoms with Gasteiger partial charge in [-0.25, -0.2) is 0 Å². The first-order chi connectivity index (χ1) is 7.90. The predicted octanol–water partition coefficient (Wildman–Crippen LogP) is 3.00. The monoisotopic (exact) mass is 244 g/mol. The minimum absolute atomic E-state index is 0.148. The van der Waals surface area contributed by atoms with Crippen LogP contribution in [0.5, 0.6) is 0 Å². The van der Waals surface area contributed by atoms with E-state index < -0.39 is 11.4 Å². The molecule has 0 aliphatic rings. The van der Waals surface area contributed by atoms with Crippen LogP contribution in [0, 0.1) is 5.41 Å². The summed E-state index contributed by atoms with van der Waals surface area (Å²) in [5.41, 5.74) is -0.399. The number of carbonyl (C=O) groups is 2. The van der Waals surface area contributed by atoms with Gasteiger partial charge in [-0.15, -0.1) is 0 Å². The molecule has 0 heterocycles. The lowest BCUT2D eigenvalue weighted by Crippen LogP contribution is -2.26. The maximum Gasteiger partial charge on any atom is 0.311 e. The molecule has 0 atom stereocenters. The summed E-state index contributed by atoms with van der Waals surface area (Å²) in [6, 6.07) is 0. The molecule has 0 rings (SSSR count). The lowest BCUT2D eigenvalue weighted by Gasteiger charge is -2.20. The van der Waals surface area contributed by atoms with Crippen LogP contribution in [0.3, 0.4) is 0 Å². The Morgan fingerprint density at radius 3 is 2.24 bits per heavy atom. The molecule has 0 aromatic carbocycles. The molecule has 0 amide bonds. The zero-order valence-corrected chi connectivity index (χ0v) is 11.1. The van der Waals surface area contributed by atoms with Gasteiger partial charge in [0.2, 0.25) is 0 Å². The number of carboxylic acid groups (broad SMARTS) is 1. The van der Waals surface area contributed by atoms with Gasteiger partial charge in [0.1, 0.15) is 0 Å². The van der Waals surface area contributed by atoms with Crippen molar-refractivity contribution in [3.8, 4) is 0 Å². The van der Waals surface area contributed by atoms with Crippen LogP contribution < -0.4 is 0 Å². The fourth-order valence-corrected chi connectivity index (χ4v) is 1.24. The SMILES string of the molecule is CCC(C)(C)C(=O)OCCCCCCC(=O)O. The molecule has 1 N–H and O–H groups in total. The van der Waals surface area contributed by atoms with Crippen molar-refractivity contribution in [2.24, 2.45) is 5.41 Å². The Bertz CT molecular complexity index is 246. The van der Waals surface area contributed by atoms with Gasteiger partial charge in [0.25, 0.3) is 0 Å². The van der Waals surface area contributed by atoms with Crippen molar-refractivity contribution in [3.63, 3.8) is 0 Å². The van der Waals surface area contributed by atoms with Crippen LogP contribution in [0.25, 0.3) is 0 Å². The van der Waals surface area contributed by atoms with Crippen LogP contribution in [-0.2, 0) is 14.3 Å². The Hall–Kier alpha value is -1.06. The smallest absolute Gasteiger partial charge is 0.311 e. The summed E-state index contributed by atoms with van der Waals surface area (Å²) in [6.07, 6.45) is 4.29. The van der Waals surface area contributed by atoms with Crippen LogP contribution in [0.15, 0.2) is 0 Å². The molecule has 0 bridgehead atoms. The van der Waals surface area contributed by atoms with E-state index in [0.29, 0.717) is 13.0 Å². The van der Waals surface area contributed by atoms with E-state index in [1.54, 1.807) is 0 Å². The molecule has 4 heteroatoms. The lowest BCUT2D eigenvalue weighted by molar-refractivity contribution is -0.154. The standard InChI is InChI=1S/C13H24O4/c1-4-13(2,3)12(16)17-10-8-6-5-7-9-11(14)15/h4-10H2,1-3H3,(H,14,15). The number of unbranched alkanes of at least 4 members (excludes halogenated alkanes) is 3. The van der Waals surface area contributed by atoms with E-state index in [2.05, 4.69) is 0 Å². The van der Waals surface area contributed by atoms with E-state index in [-0.39, 0.29) is 12.4 Å². The maximum absolute atomic E-state index is 11.6. The first-order valence-corrected chi connectivity index (χ1v) is 6.29. The highest BCUT2D eigenvalue weighted by Crippen LogP contribution is 2.21. The Morgan fingerprint density at radius 1 is 1.12 bits per heavy atom. The number of hydrogen-bond acceptors (Lipinski definition) is 3. The van der Waals surface area contributed by atoms with E-state index in [9.17, 15) is 9.59 Å². The van der Waals surface area contributed by atoms with Crippen molar-refractivity contribution in [2.75, 3.05) is 6.61 Å². The topological polar surface area (TPSA) is 63.6 Å². The van der Waals surface area contributed by atoms with E-state index in [1.807, 2.05) is 20.8 Å². The molecule has 100 valence electrons. The van der Waals surface area contributed by atoms with Crippen LogP contribution >= 0.6 is 0 Å². The van der Waals surface area contributed by atoms with Crippen LogP contribution in [0.1, 0.15) is 59.3 Å². The third kappa shape index (κ3) is 7.77. The number of carbonyl (C=O) groups excluding carboxylic acids is 1. The molecule has 0 spiro atoms. The molecule has 0 saturated carbocycles. The normalized spacial score (nSPS) is 11.2. The molecule has 0 aliphatic carbocycles. The van der Waals surface area contributed by atoms with Crippen molar-refractivity contribution in [2.45, 2.75) is 59.3 Å². The number of carboxylic acids is 1. The Kier molecular flexibility index (Phi) is 7.59. The molecular formula is C13H24O4. The molecule has 0 radical (unpaired) electrons. The predicted molar refractivity (Wildman–Crippen MR) is 65.8 cm³/mol. The van der Waals surface area contributed by atoms with Crippen molar-refractivity contribution in [1.82, 2.24) is 0 Å². The summed E-state index contributed by atoms with van der Waals surface area (Å²) in [5.74, 6) is -0.897. The molecule has 0 aliphatic heterocycles. The minimum Gasteiger partial charge on any atom is -0.481 e. The van der Waals surface area contributed by atoms with Gasteiger partial charge in [-0.2, -0.15) is 0 Å². The Labute approximate surface area is 103 Å². The maximum atomic E-state index is 11.6. The molecule has 0 saturated heterocycles. The average molecular weight is 244 g/mol. The zero-order valence-electron chi connectivity index (χ0n) is 11.1.